The fourth-order valence-electron chi connectivity index (χ4n) is 8.84. The molecule has 2 N–H and O–H groups in total. The van der Waals surface area contributed by atoms with Gasteiger partial charge in [0.1, 0.15) is 12.7 Å². The lowest BCUT2D eigenvalue weighted by atomic mass is 10.1. The summed E-state index contributed by atoms with van der Waals surface area (Å²) in [5.74, 6) is -1.48. The molecule has 0 heterocycles. The molecule has 3 unspecified atom stereocenters. The minimum absolute atomic E-state index is 0.158. The molecule has 80 heavy (non-hydrogen) atoms. The number of phosphoric acid groups is 1. The second-order valence-electron chi connectivity index (χ2n) is 21.5. The number of carbonyl (C=O) groups excluding carboxylic acids is 3. The molecule has 3 atom stereocenters. The fraction of sp³-hybridized carbons (Fsp3) is 0.750. The van der Waals surface area contributed by atoms with Crippen molar-refractivity contribution >= 4 is 25.7 Å². The Hall–Kier alpha value is -3.34. The normalized spacial score (nSPS) is 13.8. The van der Waals surface area contributed by atoms with Crippen molar-refractivity contribution < 1.29 is 52.2 Å². The van der Waals surface area contributed by atoms with Gasteiger partial charge in [0.25, 0.3) is 0 Å². The molecule has 0 aromatic carbocycles. The summed E-state index contributed by atoms with van der Waals surface area (Å²) in [5.41, 5.74) is 0. The van der Waals surface area contributed by atoms with Crippen molar-refractivity contribution in [1.29, 1.82) is 0 Å². The molecule has 0 amide bonds. The van der Waals surface area contributed by atoms with Gasteiger partial charge in [-0.3, -0.25) is 23.4 Å². The number of aliphatic hydroxyl groups excluding tert-OH is 1. The number of ether oxygens (including phenoxy) is 3. The molecule has 0 aliphatic heterocycles. The number of allylic oxidation sites excluding steroid dienone is 14. The van der Waals surface area contributed by atoms with Crippen LogP contribution in [0, 0.1) is 0 Å². The van der Waals surface area contributed by atoms with Crippen LogP contribution in [-0.4, -0.2) is 66.5 Å². The molecule has 0 aromatic rings. The third-order valence-corrected chi connectivity index (χ3v) is 14.7. The van der Waals surface area contributed by atoms with Crippen LogP contribution in [0.4, 0.5) is 0 Å². The monoisotopic (exact) mass is 1140 g/mol. The van der Waals surface area contributed by atoms with Crippen molar-refractivity contribution in [3.05, 3.63) is 85.1 Å². The molecular weight excluding hydrogens is 1020 g/mol. The Morgan fingerprint density at radius 3 is 1.00 bits per heavy atom. The molecule has 11 nitrogen and oxygen atoms in total. The van der Waals surface area contributed by atoms with E-state index < -0.39 is 57.8 Å². The van der Waals surface area contributed by atoms with Crippen LogP contribution < -0.4 is 0 Å². The van der Waals surface area contributed by atoms with Crippen molar-refractivity contribution in [2.24, 2.45) is 0 Å². The first kappa shape index (κ1) is 76.7. The van der Waals surface area contributed by atoms with Gasteiger partial charge in [-0.25, -0.2) is 4.57 Å². The Morgan fingerprint density at radius 1 is 0.362 bits per heavy atom. The molecule has 0 aliphatic carbocycles. The summed E-state index contributed by atoms with van der Waals surface area (Å²) in [4.78, 5) is 48.8. The molecule has 12 heteroatoms. The summed E-state index contributed by atoms with van der Waals surface area (Å²) in [5, 5.41) is 9.86. The van der Waals surface area contributed by atoms with Gasteiger partial charge in [-0.05, 0) is 116 Å². The second-order valence-corrected chi connectivity index (χ2v) is 23.0. The van der Waals surface area contributed by atoms with Gasteiger partial charge in [-0.1, -0.05) is 241 Å². The lowest BCUT2D eigenvalue weighted by Crippen LogP contribution is -2.30. The number of esters is 3. The smallest absolute Gasteiger partial charge is 0.462 e. The Labute approximate surface area is 490 Å². The lowest BCUT2D eigenvalue weighted by Gasteiger charge is -2.21. The first-order chi connectivity index (χ1) is 39.2. The zero-order valence-electron chi connectivity index (χ0n) is 51.3. The largest absolute Gasteiger partial charge is 0.472 e. The average Bonchev–Trinajstić information content (AvgIpc) is 3.45. The van der Waals surface area contributed by atoms with Gasteiger partial charge in [0.15, 0.2) is 6.10 Å². The molecule has 0 rings (SSSR count). The van der Waals surface area contributed by atoms with E-state index in [1.165, 1.54) is 116 Å². The fourth-order valence-corrected chi connectivity index (χ4v) is 9.63. The second kappa shape index (κ2) is 61.7. The zero-order valence-corrected chi connectivity index (χ0v) is 52.2. The van der Waals surface area contributed by atoms with E-state index in [0.29, 0.717) is 19.3 Å². The van der Waals surface area contributed by atoms with E-state index in [4.69, 9.17) is 23.3 Å². The molecule has 0 fully saturated rings. The highest BCUT2D eigenvalue weighted by Gasteiger charge is 2.28. The molecule has 0 saturated carbocycles. The number of aliphatic hydroxyl groups is 1. The zero-order chi connectivity index (χ0) is 58.3. The van der Waals surface area contributed by atoms with Gasteiger partial charge in [-0.2, -0.15) is 0 Å². The Morgan fingerprint density at radius 2 is 0.650 bits per heavy atom. The Bertz CT molecular complexity index is 1670. The Kier molecular flexibility index (Phi) is 59.1. The van der Waals surface area contributed by atoms with Crippen LogP contribution in [0.1, 0.15) is 290 Å². The summed E-state index contributed by atoms with van der Waals surface area (Å²) in [6.45, 7) is 4.50. The molecular formula is C68H119O11P. The topological polar surface area (TPSA) is 155 Å². The molecule has 0 aliphatic rings. The minimum atomic E-state index is -4.76. The van der Waals surface area contributed by atoms with Crippen LogP contribution >= 0.6 is 7.82 Å². The van der Waals surface area contributed by atoms with Crippen molar-refractivity contribution in [3.8, 4) is 0 Å². The van der Waals surface area contributed by atoms with E-state index in [9.17, 15) is 28.9 Å². The highest BCUT2D eigenvalue weighted by molar-refractivity contribution is 7.47. The third kappa shape index (κ3) is 59.3. The molecule has 0 spiro atoms. The highest BCUT2D eigenvalue weighted by atomic mass is 31.2. The quantitative estimate of drug-likeness (QED) is 0.0197. The van der Waals surface area contributed by atoms with Crippen LogP contribution in [0.3, 0.4) is 0 Å². The van der Waals surface area contributed by atoms with Crippen LogP contribution in [0.5, 0.6) is 0 Å². The van der Waals surface area contributed by atoms with Crippen molar-refractivity contribution in [1.82, 2.24) is 0 Å². The maximum absolute atomic E-state index is 13.0. The lowest BCUT2D eigenvalue weighted by molar-refractivity contribution is -0.161. The van der Waals surface area contributed by atoms with Crippen molar-refractivity contribution in [3.63, 3.8) is 0 Å². The molecule has 462 valence electrons. The summed E-state index contributed by atoms with van der Waals surface area (Å²) < 4.78 is 39.7. The molecule has 0 saturated heterocycles. The van der Waals surface area contributed by atoms with Gasteiger partial charge in [0.05, 0.1) is 19.8 Å². The van der Waals surface area contributed by atoms with Crippen LogP contribution in [-0.2, 0) is 42.2 Å². The maximum Gasteiger partial charge on any atom is 0.472 e. The molecule has 0 aromatic heterocycles. The highest BCUT2D eigenvalue weighted by Crippen LogP contribution is 2.43. The minimum Gasteiger partial charge on any atom is -0.462 e. The number of carbonyl (C=O) groups is 3. The van der Waals surface area contributed by atoms with E-state index >= 15 is 0 Å². The van der Waals surface area contributed by atoms with Crippen LogP contribution in [0.25, 0.3) is 0 Å². The van der Waals surface area contributed by atoms with E-state index in [2.05, 4.69) is 106 Å². The van der Waals surface area contributed by atoms with E-state index in [1.54, 1.807) is 0 Å². The number of unbranched alkanes of at least 4 members (excludes halogenated alkanes) is 29. The van der Waals surface area contributed by atoms with Crippen LogP contribution in [0.15, 0.2) is 85.1 Å². The van der Waals surface area contributed by atoms with Gasteiger partial charge >= 0.3 is 25.7 Å². The predicted octanol–water partition coefficient (Wildman–Crippen LogP) is 19.8. The van der Waals surface area contributed by atoms with Crippen LogP contribution in [0.2, 0.25) is 0 Å². The van der Waals surface area contributed by atoms with Gasteiger partial charge < -0.3 is 24.2 Å². The van der Waals surface area contributed by atoms with E-state index in [0.717, 1.165) is 116 Å². The summed E-state index contributed by atoms with van der Waals surface area (Å²) in [6, 6.07) is 0. The predicted molar refractivity (Wildman–Crippen MR) is 334 cm³/mol. The maximum atomic E-state index is 13.0. The summed E-state index contributed by atoms with van der Waals surface area (Å²) >= 11 is 0. The number of rotatable bonds is 60. The van der Waals surface area contributed by atoms with Gasteiger partial charge in [0.2, 0.25) is 0 Å². The number of hydrogen-bond acceptors (Lipinski definition) is 10. The molecule has 0 bridgehead atoms. The van der Waals surface area contributed by atoms with Crippen molar-refractivity contribution in [2.75, 3.05) is 26.4 Å². The summed E-state index contributed by atoms with van der Waals surface area (Å²) in [6.07, 6.45) is 72.4. The summed E-state index contributed by atoms with van der Waals surface area (Å²) in [7, 11) is -4.76. The average molecular weight is 1140 g/mol. The van der Waals surface area contributed by atoms with E-state index in [1.807, 2.05) is 0 Å². The SMILES string of the molecule is CC/C=C\C/C=C\C/C=C\CCCCCCCCCC(=O)OC(CO)COP(=O)(O)OCC(COC(=O)CCCCCCCCC/C=C\C/C=C\CCCCC)OC(=O)CCCCCCCCCCC/C=C\C/C=C\CCCCC. The van der Waals surface area contributed by atoms with E-state index in [-0.39, 0.29) is 25.9 Å². The number of phosphoric ester groups is 1. The standard InChI is InChI=1S/C68H119O11P/c1-4-7-10-13-16-19-22-25-28-31-32-35-38-41-44-47-50-53-56-59-68(72)79-65(61-75-66(70)57-54-51-48-45-42-39-36-33-29-26-23-20-17-14-11-8-5-2)63-77-80(73,74)76-62-64(60-69)78-67(71)58-55-52-49-46-43-40-37-34-30-27-24-21-18-15-12-9-6-3/h9,12,16-21,25-30,64-65,69H,4-8,10-11,13-15,22-24,31-63H2,1-3H3,(H,73,74)/b12-9-,19-16-,20-17-,21-18-,28-25-,29-26-,30-27-. The molecule has 0 radical (unpaired) electrons. The third-order valence-electron chi connectivity index (χ3n) is 13.8. The first-order valence-corrected chi connectivity index (χ1v) is 34.0. The van der Waals surface area contributed by atoms with Crippen molar-refractivity contribution in [2.45, 2.75) is 303 Å². The number of hydrogen-bond donors (Lipinski definition) is 2. The van der Waals surface area contributed by atoms with Gasteiger partial charge in [0, 0.05) is 19.3 Å². The Balaban J connectivity index is 4.72. The van der Waals surface area contributed by atoms with Gasteiger partial charge in [-0.15, -0.1) is 0 Å². The first-order valence-electron chi connectivity index (χ1n) is 32.5.